The first-order valence-electron chi connectivity index (χ1n) is 7.36. The van der Waals surface area contributed by atoms with Gasteiger partial charge in [0, 0.05) is 25.0 Å². The molecule has 0 bridgehead atoms. The number of hydrogen-bond donors (Lipinski definition) is 1. The lowest BCUT2D eigenvalue weighted by Gasteiger charge is -2.26. The Bertz CT molecular complexity index is 756. The zero-order valence-corrected chi connectivity index (χ0v) is 16.5. The Labute approximate surface area is 154 Å². The van der Waals surface area contributed by atoms with Crippen molar-refractivity contribution in [2.75, 3.05) is 13.6 Å². The number of likely N-dealkylation sites (N-methyl/N-ethyl adjacent to an activating group) is 1. The smallest absolute Gasteiger partial charge is 0.242 e. The number of hydrogen-bond acceptors (Lipinski definition) is 3. The molecule has 0 aliphatic carbocycles. The SMILES string of the molecule is CCC(=O)N(C)CC1=C(c2ccc(Cl)cc2)S(=O)(=O)NC1(C)C.Cl. The highest BCUT2D eigenvalue weighted by atomic mass is 35.5. The van der Waals surface area contributed by atoms with Gasteiger partial charge in [0.2, 0.25) is 15.9 Å². The summed E-state index contributed by atoms with van der Waals surface area (Å²) in [6.07, 6.45) is 0.376. The molecule has 1 N–H and O–H groups in total. The fraction of sp³-hybridized carbons (Fsp3) is 0.438. The fourth-order valence-corrected chi connectivity index (χ4v) is 4.80. The van der Waals surface area contributed by atoms with Crippen molar-refractivity contribution in [1.29, 1.82) is 0 Å². The van der Waals surface area contributed by atoms with E-state index < -0.39 is 15.6 Å². The van der Waals surface area contributed by atoms with Crippen LogP contribution in [-0.4, -0.2) is 38.4 Å². The highest BCUT2D eigenvalue weighted by Gasteiger charge is 2.43. The Balaban J connectivity index is 0.00000288. The first-order chi connectivity index (χ1) is 10.6. The third-order valence-electron chi connectivity index (χ3n) is 3.92. The molecule has 24 heavy (non-hydrogen) atoms. The Morgan fingerprint density at radius 3 is 2.29 bits per heavy atom. The van der Waals surface area contributed by atoms with Crippen LogP contribution in [-0.2, 0) is 14.8 Å². The highest BCUT2D eigenvalue weighted by molar-refractivity contribution is 7.99. The van der Waals surface area contributed by atoms with Gasteiger partial charge in [0.25, 0.3) is 0 Å². The third-order valence-corrected chi connectivity index (χ3v) is 5.97. The minimum absolute atomic E-state index is 0. The van der Waals surface area contributed by atoms with Gasteiger partial charge in [-0.2, -0.15) is 0 Å². The van der Waals surface area contributed by atoms with E-state index >= 15 is 0 Å². The van der Waals surface area contributed by atoms with E-state index in [9.17, 15) is 13.2 Å². The van der Waals surface area contributed by atoms with Crippen molar-refractivity contribution in [2.24, 2.45) is 0 Å². The average molecular weight is 393 g/mol. The van der Waals surface area contributed by atoms with Crippen LogP contribution in [0.2, 0.25) is 5.02 Å². The predicted octanol–water partition coefficient (Wildman–Crippen LogP) is 3.05. The summed E-state index contributed by atoms with van der Waals surface area (Å²) in [5.74, 6) is -0.0342. The van der Waals surface area contributed by atoms with Gasteiger partial charge >= 0.3 is 0 Å². The molecule has 5 nitrogen and oxygen atoms in total. The molecule has 0 aromatic heterocycles. The summed E-state index contributed by atoms with van der Waals surface area (Å²) in [4.78, 5) is 13.7. The zero-order valence-electron chi connectivity index (χ0n) is 14.1. The summed E-state index contributed by atoms with van der Waals surface area (Å²) in [7, 11) is -1.96. The van der Waals surface area contributed by atoms with Crippen LogP contribution in [0.15, 0.2) is 29.8 Å². The molecule has 134 valence electrons. The van der Waals surface area contributed by atoms with Crippen LogP contribution in [0.3, 0.4) is 0 Å². The lowest BCUT2D eigenvalue weighted by Crippen LogP contribution is -2.41. The number of halogens is 2. The molecule has 1 amide bonds. The van der Waals surface area contributed by atoms with E-state index in [1.165, 1.54) is 0 Å². The molecule has 8 heteroatoms. The lowest BCUT2D eigenvalue weighted by atomic mass is 9.92. The molecule has 0 spiro atoms. The van der Waals surface area contributed by atoms with Crippen LogP contribution in [0.5, 0.6) is 0 Å². The molecule has 1 aromatic rings. The third kappa shape index (κ3) is 4.11. The van der Waals surface area contributed by atoms with Crippen LogP contribution in [0.1, 0.15) is 32.8 Å². The van der Waals surface area contributed by atoms with Gasteiger partial charge in [0.05, 0.1) is 10.4 Å². The minimum atomic E-state index is -3.64. The van der Waals surface area contributed by atoms with Gasteiger partial charge in [0.15, 0.2) is 0 Å². The number of nitrogens with one attached hydrogen (secondary N) is 1. The number of sulfonamides is 1. The topological polar surface area (TPSA) is 66.5 Å². The molecule has 0 saturated heterocycles. The van der Waals surface area contributed by atoms with E-state index in [2.05, 4.69) is 4.72 Å². The zero-order chi connectivity index (χ0) is 17.4. The summed E-state index contributed by atoms with van der Waals surface area (Å²) in [5.41, 5.74) is 0.486. The van der Waals surface area contributed by atoms with Crippen molar-refractivity contribution >= 4 is 44.8 Å². The maximum atomic E-state index is 12.6. The maximum absolute atomic E-state index is 12.6. The molecule has 0 fully saturated rings. The highest BCUT2D eigenvalue weighted by Crippen LogP contribution is 2.38. The Kier molecular flexibility index (Phi) is 6.49. The van der Waals surface area contributed by atoms with Gasteiger partial charge in [-0.1, -0.05) is 30.7 Å². The summed E-state index contributed by atoms with van der Waals surface area (Å²) in [6.45, 7) is 5.63. The van der Waals surface area contributed by atoms with E-state index in [0.717, 1.165) is 0 Å². The van der Waals surface area contributed by atoms with Gasteiger partial charge in [-0.15, -0.1) is 12.4 Å². The Morgan fingerprint density at radius 1 is 1.25 bits per heavy atom. The second kappa shape index (κ2) is 7.44. The second-order valence-electron chi connectivity index (χ2n) is 6.15. The quantitative estimate of drug-likeness (QED) is 0.855. The van der Waals surface area contributed by atoms with E-state index in [4.69, 9.17) is 11.6 Å². The molecule has 1 heterocycles. The largest absolute Gasteiger partial charge is 0.342 e. The molecular formula is C16H22Cl2N2O3S. The lowest BCUT2D eigenvalue weighted by molar-refractivity contribution is -0.129. The molecular weight excluding hydrogens is 371 g/mol. The van der Waals surface area contributed by atoms with Gasteiger partial charge in [-0.3, -0.25) is 4.79 Å². The molecule has 0 saturated carbocycles. The van der Waals surface area contributed by atoms with Gasteiger partial charge in [0.1, 0.15) is 0 Å². The molecule has 2 rings (SSSR count). The van der Waals surface area contributed by atoms with Crippen LogP contribution >= 0.6 is 24.0 Å². The van der Waals surface area contributed by atoms with Crippen LogP contribution < -0.4 is 4.72 Å². The number of benzene rings is 1. The maximum Gasteiger partial charge on any atom is 0.242 e. The Hall–Kier alpha value is -1.08. The summed E-state index contributed by atoms with van der Waals surface area (Å²) < 4.78 is 27.8. The van der Waals surface area contributed by atoms with Crippen molar-refractivity contribution in [3.8, 4) is 0 Å². The van der Waals surface area contributed by atoms with E-state index in [0.29, 0.717) is 22.6 Å². The summed E-state index contributed by atoms with van der Waals surface area (Å²) in [5, 5.41) is 0.539. The van der Waals surface area contributed by atoms with Gasteiger partial charge in [-0.25, -0.2) is 13.1 Å². The number of amides is 1. The normalized spacial score (nSPS) is 18.2. The molecule has 0 unspecified atom stereocenters. The van der Waals surface area contributed by atoms with E-state index in [-0.39, 0.29) is 29.8 Å². The number of carbonyl (C=O) groups excluding carboxylic acids is 1. The monoisotopic (exact) mass is 392 g/mol. The minimum Gasteiger partial charge on any atom is -0.342 e. The van der Waals surface area contributed by atoms with Gasteiger partial charge in [-0.05, 0) is 37.1 Å². The number of nitrogens with zero attached hydrogens (tertiary/aromatic N) is 1. The van der Waals surface area contributed by atoms with Crippen molar-refractivity contribution in [3.63, 3.8) is 0 Å². The molecule has 0 atom stereocenters. The molecule has 1 aliphatic rings. The average Bonchev–Trinajstić information content (AvgIpc) is 2.63. The molecule has 1 aromatic carbocycles. The second-order valence-corrected chi connectivity index (χ2v) is 8.20. The number of carbonyl (C=O) groups is 1. The summed E-state index contributed by atoms with van der Waals surface area (Å²) >= 11 is 5.89. The molecule has 0 radical (unpaired) electrons. The fourth-order valence-electron chi connectivity index (χ4n) is 2.69. The predicted molar refractivity (Wildman–Crippen MR) is 99.7 cm³/mol. The van der Waals surface area contributed by atoms with Crippen LogP contribution in [0.25, 0.3) is 4.91 Å². The summed E-state index contributed by atoms with van der Waals surface area (Å²) in [6, 6.07) is 6.67. The number of rotatable bonds is 4. The van der Waals surface area contributed by atoms with Crippen LogP contribution in [0, 0.1) is 0 Å². The standard InChI is InChI=1S/C16H21ClN2O3S.ClH/c1-5-14(20)19(4)10-13-15(11-6-8-12(17)9-7-11)23(21,22)18-16(13,2)3;/h6-9,18H,5,10H2,1-4H3;1H. The van der Waals surface area contributed by atoms with Crippen LogP contribution in [0.4, 0.5) is 0 Å². The Morgan fingerprint density at radius 2 is 1.79 bits per heavy atom. The first-order valence-corrected chi connectivity index (χ1v) is 9.22. The van der Waals surface area contributed by atoms with E-state index in [1.54, 1.807) is 57.0 Å². The van der Waals surface area contributed by atoms with Crippen molar-refractivity contribution in [1.82, 2.24) is 9.62 Å². The van der Waals surface area contributed by atoms with Crippen molar-refractivity contribution in [2.45, 2.75) is 32.7 Å². The van der Waals surface area contributed by atoms with E-state index in [1.807, 2.05) is 0 Å². The van der Waals surface area contributed by atoms with Crippen molar-refractivity contribution < 1.29 is 13.2 Å². The van der Waals surface area contributed by atoms with Crippen molar-refractivity contribution in [3.05, 3.63) is 40.4 Å². The van der Waals surface area contributed by atoms with Gasteiger partial charge < -0.3 is 4.90 Å². The first kappa shape index (κ1) is 21.0. The molecule has 1 aliphatic heterocycles.